The Bertz CT molecular complexity index is 1470. The molecule has 23 heteroatoms. The number of carboxylic acid groups (broad SMARTS) is 1. The number of aliphatic hydroxyl groups is 6. The Kier molecular flexibility index (Phi) is 16.2. The minimum Gasteiger partial charge on any atom is -0.547 e. The van der Waals surface area contributed by atoms with E-state index in [1.165, 1.54) is 26.3 Å². The largest absolute Gasteiger partial charge is 0.547 e. The van der Waals surface area contributed by atoms with Crippen LogP contribution >= 0.6 is 7.82 Å². The van der Waals surface area contributed by atoms with Crippen LogP contribution in [0.5, 0.6) is 0 Å². The summed E-state index contributed by atoms with van der Waals surface area (Å²) in [7, 11) is -4.03. The Balaban J connectivity index is 1.69. The van der Waals surface area contributed by atoms with Gasteiger partial charge in [-0.2, -0.15) is 4.98 Å². The molecule has 7 unspecified atom stereocenters. The van der Waals surface area contributed by atoms with Crippen molar-refractivity contribution >= 4 is 25.7 Å². The minimum absolute atomic E-state index is 0.0497. The van der Waals surface area contributed by atoms with E-state index in [0.717, 1.165) is 4.57 Å². The Labute approximate surface area is 296 Å². The lowest BCUT2D eigenvalue weighted by Gasteiger charge is -2.49. The van der Waals surface area contributed by atoms with Crippen LogP contribution in [0.3, 0.4) is 0 Å². The second kappa shape index (κ2) is 19.4. The number of Topliss-reactive ketones (excluding diaryl/α,β-unsaturated/α-hetero) is 1. The standard InChI is InChI=1S/C29H46N3O19P/c1-15-3-4-32(27(42)31-15)25-24(39)23(38)21(50-25)14-49-52(44,45)51-29(26(40)41)10-18(22(37)20(36)13-33)17(19(35)11-29)9-16(34)12-30-28(43)48-8-7-47-6-5-46-2/h3-4,17-25,33,35-39H,5-14H2,1-2H3,(H,30,43)(H,40,41)(H,44,45)/p-1/t17?,18?,19?,20-,21?,22+,23-,24-,25?,29?/m1/s1. The van der Waals surface area contributed by atoms with Crippen molar-refractivity contribution in [2.45, 2.75) is 74.6 Å². The lowest BCUT2D eigenvalue weighted by atomic mass is 9.65. The summed E-state index contributed by atoms with van der Waals surface area (Å²) in [4.78, 5) is 63.8. The zero-order valence-corrected chi connectivity index (χ0v) is 29.2. The molecule has 0 bridgehead atoms. The molecule has 1 aromatic heterocycles. The number of phosphoric ester groups is 1. The maximum absolute atomic E-state index is 13.1. The fourth-order valence-corrected chi connectivity index (χ4v) is 6.97. The summed E-state index contributed by atoms with van der Waals surface area (Å²) < 4.78 is 44.2. The van der Waals surface area contributed by atoms with E-state index in [1.807, 2.05) is 0 Å². The van der Waals surface area contributed by atoms with Gasteiger partial charge in [0.2, 0.25) is 0 Å². The van der Waals surface area contributed by atoms with E-state index in [9.17, 15) is 64.4 Å². The third-order valence-corrected chi connectivity index (χ3v) is 9.65. The third kappa shape index (κ3) is 11.5. The molecule has 1 saturated carbocycles. The molecular weight excluding hydrogens is 725 g/mol. The number of carboxylic acids is 1. The first kappa shape index (κ1) is 43.4. The molecule has 3 rings (SSSR count). The molecule has 8 N–H and O–H groups in total. The van der Waals surface area contributed by atoms with Gasteiger partial charge in [0, 0.05) is 31.8 Å². The summed E-state index contributed by atoms with van der Waals surface area (Å²) in [6, 6.07) is 1.42. The smallest absolute Gasteiger partial charge is 0.473 e. The molecule has 52 heavy (non-hydrogen) atoms. The third-order valence-electron chi connectivity index (χ3n) is 8.60. The topological polar surface area (TPSA) is 335 Å². The first-order valence-corrected chi connectivity index (χ1v) is 17.6. The molecule has 296 valence electrons. The fraction of sp³-hybridized carbons (Fsp3) is 0.759. The van der Waals surface area contributed by atoms with E-state index >= 15 is 0 Å². The Morgan fingerprint density at radius 3 is 2.48 bits per heavy atom. The van der Waals surface area contributed by atoms with Crippen LogP contribution in [0.2, 0.25) is 0 Å². The van der Waals surface area contributed by atoms with Crippen molar-refractivity contribution in [3.8, 4) is 0 Å². The van der Waals surface area contributed by atoms with Crippen molar-refractivity contribution in [1.29, 1.82) is 0 Å². The predicted molar refractivity (Wildman–Crippen MR) is 167 cm³/mol. The van der Waals surface area contributed by atoms with Crippen LogP contribution in [0.15, 0.2) is 17.1 Å². The van der Waals surface area contributed by atoms with Gasteiger partial charge in [0.1, 0.15) is 36.6 Å². The molecular formula is C29H45N3O19P-. The number of aliphatic hydroxyl groups excluding tert-OH is 6. The molecule has 11 atom stereocenters. The van der Waals surface area contributed by atoms with E-state index in [1.54, 1.807) is 0 Å². The zero-order chi connectivity index (χ0) is 38.8. The number of nitrogens with zero attached hydrogens (tertiary/aromatic N) is 2. The summed E-state index contributed by atoms with van der Waals surface area (Å²) in [5.41, 5.74) is -3.37. The maximum Gasteiger partial charge on any atom is 0.473 e. The SMILES string of the molecule is COCCOCCOC(=O)NCC(=O)CC1C(O)CC(OP(=O)(O)OCC2OC(n3ccc(C)nc3=O)[C@H](O)[C@@H]2O)(C(=O)[O-])CC1[C@H](O)[C@H](O)CO. The second-order valence-electron chi connectivity index (χ2n) is 12.3. The minimum atomic E-state index is -5.51. The zero-order valence-electron chi connectivity index (χ0n) is 28.3. The van der Waals surface area contributed by atoms with E-state index in [4.69, 9.17) is 28.0 Å². The fourth-order valence-electron chi connectivity index (χ4n) is 5.92. The molecule has 1 aromatic rings. The van der Waals surface area contributed by atoms with Crippen molar-refractivity contribution in [3.05, 3.63) is 28.4 Å². The van der Waals surface area contributed by atoms with Crippen molar-refractivity contribution in [2.75, 3.05) is 53.3 Å². The van der Waals surface area contributed by atoms with Gasteiger partial charge in [-0.25, -0.2) is 14.2 Å². The Morgan fingerprint density at radius 2 is 1.85 bits per heavy atom. The van der Waals surface area contributed by atoms with Crippen LogP contribution in [-0.2, 0) is 42.1 Å². The maximum atomic E-state index is 13.1. The number of phosphoric acid groups is 1. The summed E-state index contributed by atoms with van der Waals surface area (Å²) in [5.74, 6) is -5.82. The predicted octanol–water partition coefficient (Wildman–Crippen LogP) is -4.76. The number of ether oxygens (including phenoxy) is 4. The van der Waals surface area contributed by atoms with Crippen LogP contribution in [-0.4, -0.2) is 158 Å². The first-order valence-electron chi connectivity index (χ1n) is 16.1. The van der Waals surface area contributed by atoms with Crippen LogP contribution < -0.4 is 16.1 Å². The van der Waals surface area contributed by atoms with Crippen LogP contribution in [0, 0.1) is 18.8 Å². The van der Waals surface area contributed by atoms with Crippen LogP contribution in [0.1, 0.15) is 31.2 Å². The van der Waals surface area contributed by atoms with Crippen LogP contribution in [0.25, 0.3) is 0 Å². The number of aryl methyl sites for hydroxylation is 1. The Hall–Kier alpha value is -2.96. The van der Waals surface area contributed by atoms with Gasteiger partial charge in [-0.05, 0) is 31.2 Å². The lowest BCUT2D eigenvalue weighted by molar-refractivity contribution is -0.329. The number of ketones is 1. The lowest BCUT2D eigenvalue weighted by Crippen LogP contribution is -2.60. The molecule has 2 fully saturated rings. The number of aliphatic carboxylic acids is 1. The molecule has 22 nitrogen and oxygen atoms in total. The van der Waals surface area contributed by atoms with E-state index in [2.05, 4.69) is 10.3 Å². The van der Waals surface area contributed by atoms with Gasteiger partial charge in [0.05, 0.1) is 57.8 Å². The average molecular weight is 771 g/mol. The summed E-state index contributed by atoms with van der Waals surface area (Å²) in [6.07, 6.45) is -14.7. The molecule has 1 saturated heterocycles. The van der Waals surface area contributed by atoms with Gasteiger partial charge in [-0.1, -0.05) is 0 Å². The molecule has 2 aliphatic rings. The van der Waals surface area contributed by atoms with Gasteiger partial charge in [-0.3, -0.25) is 18.4 Å². The highest BCUT2D eigenvalue weighted by Crippen LogP contribution is 2.54. The molecule has 1 amide bonds. The quantitative estimate of drug-likeness (QED) is 0.0456. The second-order valence-corrected chi connectivity index (χ2v) is 13.7. The molecule has 0 aromatic carbocycles. The highest BCUT2D eigenvalue weighted by atomic mass is 31.2. The number of nitrogens with one attached hydrogen (secondary N) is 1. The van der Waals surface area contributed by atoms with E-state index in [0.29, 0.717) is 12.3 Å². The molecule has 1 aliphatic heterocycles. The number of amides is 1. The summed E-state index contributed by atoms with van der Waals surface area (Å²) >= 11 is 0. The molecule has 2 heterocycles. The Morgan fingerprint density at radius 1 is 1.15 bits per heavy atom. The number of carbonyl (C=O) groups is 3. The molecule has 1 aliphatic carbocycles. The van der Waals surface area contributed by atoms with Gasteiger partial charge in [-0.15, -0.1) is 0 Å². The van der Waals surface area contributed by atoms with E-state index in [-0.39, 0.29) is 19.8 Å². The highest BCUT2D eigenvalue weighted by molar-refractivity contribution is 7.47. The van der Waals surface area contributed by atoms with Crippen molar-refractivity contribution in [2.24, 2.45) is 11.8 Å². The van der Waals surface area contributed by atoms with Gasteiger partial charge < -0.3 is 69.7 Å². The number of aromatic nitrogens is 2. The highest BCUT2D eigenvalue weighted by Gasteiger charge is 2.54. The number of hydrogen-bond donors (Lipinski definition) is 8. The normalized spacial score (nSPS) is 29.9. The van der Waals surface area contributed by atoms with E-state index < -0.39 is 131 Å². The average Bonchev–Trinajstić information content (AvgIpc) is 3.36. The number of methoxy groups -OCH3 is 1. The number of alkyl carbamates (subject to hydrolysis) is 1. The van der Waals surface area contributed by atoms with Crippen molar-refractivity contribution < 1.29 is 87.6 Å². The number of rotatable bonds is 20. The summed E-state index contributed by atoms with van der Waals surface area (Å²) in [6.45, 7) is -0.637. The van der Waals surface area contributed by atoms with Gasteiger partial charge in [0.25, 0.3) is 0 Å². The van der Waals surface area contributed by atoms with Crippen LogP contribution in [0.4, 0.5) is 4.79 Å². The monoisotopic (exact) mass is 770 g/mol. The molecule has 0 spiro atoms. The summed E-state index contributed by atoms with van der Waals surface area (Å²) in [5, 5.41) is 77.1. The van der Waals surface area contributed by atoms with Crippen molar-refractivity contribution in [1.82, 2.24) is 14.9 Å². The van der Waals surface area contributed by atoms with Gasteiger partial charge >= 0.3 is 19.6 Å². The van der Waals surface area contributed by atoms with Crippen molar-refractivity contribution in [3.63, 3.8) is 0 Å². The van der Waals surface area contributed by atoms with Gasteiger partial charge in [0.15, 0.2) is 12.0 Å². The molecule has 0 radical (unpaired) electrons. The number of carbonyl (C=O) groups excluding carboxylic acids is 3. The first-order chi connectivity index (χ1) is 24.4. The number of hydrogen-bond acceptors (Lipinski definition) is 19.